The fraction of sp³-hybridized carbons (Fsp3) is 0.611. The molecule has 0 radical (unpaired) electrons. The van der Waals surface area contributed by atoms with Crippen LogP contribution in [0.3, 0.4) is 0 Å². The number of anilines is 1. The average molecular weight is 372 g/mol. The highest BCUT2D eigenvalue weighted by Crippen LogP contribution is 2.34. The quantitative estimate of drug-likeness (QED) is 0.616. The maximum absolute atomic E-state index is 13.5. The summed E-state index contributed by atoms with van der Waals surface area (Å²) in [4.78, 5) is 5.96. The number of halogens is 3. The molecule has 0 atom stereocenters. The first-order valence-corrected chi connectivity index (χ1v) is 8.78. The minimum atomic E-state index is -4.41. The normalized spacial score (nSPS) is 16.1. The van der Waals surface area contributed by atoms with Gasteiger partial charge in [0, 0.05) is 38.9 Å². The van der Waals surface area contributed by atoms with Crippen LogP contribution in [-0.4, -0.2) is 45.9 Å². The number of rotatable bonds is 5. The molecule has 0 amide bonds. The maximum atomic E-state index is 13.5. The molecule has 5 nitrogen and oxygen atoms in total. The van der Waals surface area contributed by atoms with E-state index in [9.17, 15) is 13.2 Å². The molecule has 1 aromatic carbocycles. The average Bonchev–Trinajstić information content (AvgIpc) is 2.61. The van der Waals surface area contributed by atoms with Crippen LogP contribution in [0.25, 0.3) is 0 Å². The SMILES string of the molecule is CN=C(NCc1ccc(N2CCOCC2)cc1C(F)(F)F)NCC(C)C. The Balaban J connectivity index is 2.14. The second-order valence-electron chi connectivity index (χ2n) is 6.64. The molecule has 1 saturated heterocycles. The van der Waals surface area contributed by atoms with E-state index in [1.54, 1.807) is 13.1 Å². The first-order chi connectivity index (χ1) is 12.3. The van der Waals surface area contributed by atoms with Gasteiger partial charge in [0.25, 0.3) is 0 Å². The zero-order chi connectivity index (χ0) is 19.2. The van der Waals surface area contributed by atoms with Gasteiger partial charge in [-0.05, 0) is 23.6 Å². The lowest BCUT2D eigenvalue weighted by Gasteiger charge is -2.29. The van der Waals surface area contributed by atoms with Crippen molar-refractivity contribution >= 4 is 11.6 Å². The molecule has 0 unspecified atom stereocenters. The Morgan fingerprint density at radius 3 is 2.50 bits per heavy atom. The van der Waals surface area contributed by atoms with Gasteiger partial charge >= 0.3 is 6.18 Å². The fourth-order valence-electron chi connectivity index (χ4n) is 2.70. The summed E-state index contributed by atoms with van der Waals surface area (Å²) < 4.78 is 45.9. The van der Waals surface area contributed by atoms with Crippen molar-refractivity contribution in [2.24, 2.45) is 10.9 Å². The van der Waals surface area contributed by atoms with Crippen LogP contribution in [0.15, 0.2) is 23.2 Å². The van der Waals surface area contributed by atoms with Crippen molar-refractivity contribution in [1.82, 2.24) is 10.6 Å². The van der Waals surface area contributed by atoms with Gasteiger partial charge in [-0.15, -0.1) is 0 Å². The van der Waals surface area contributed by atoms with Crippen molar-refractivity contribution in [2.45, 2.75) is 26.6 Å². The highest BCUT2D eigenvalue weighted by atomic mass is 19.4. The van der Waals surface area contributed by atoms with Gasteiger partial charge in [0.2, 0.25) is 0 Å². The van der Waals surface area contributed by atoms with E-state index in [1.165, 1.54) is 12.1 Å². The van der Waals surface area contributed by atoms with Crippen molar-refractivity contribution in [3.63, 3.8) is 0 Å². The standard InChI is InChI=1S/C18H27F3N4O/c1-13(2)11-23-17(22-3)24-12-14-4-5-15(10-16(14)18(19,20)21)25-6-8-26-9-7-25/h4-5,10,13H,6-9,11-12H2,1-3H3,(H2,22,23,24). The molecule has 0 bridgehead atoms. The second-order valence-corrected chi connectivity index (χ2v) is 6.64. The van der Waals surface area contributed by atoms with Crippen molar-refractivity contribution in [2.75, 3.05) is 44.8 Å². The molecule has 0 spiro atoms. The van der Waals surface area contributed by atoms with Crippen molar-refractivity contribution < 1.29 is 17.9 Å². The van der Waals surface area contributed by atoms with Crippen molar-refractivity contribution in [1.29, 1.82) is 0 Å². The Labute approximate surface area is 152 Å². The molecule has 2 N–H and O–H groups in total. The zero-order valence-corrected chi connectivity index (χ0v) is 15.5. The summed E-state index contributed by atoms with van der Waals surface area (Å²) in [7, 11) is 1.60. The van der Waals surface area contributed by atoms with Gasteiger partial charge in [-0.25, -0.2) is 0 Å². The third-order valence-corrected chi connectivity index (χ3v) is 4.12. The van der Waals surface area contributed by atoms with E-state index >= 15 is 0 Å². The van der Waals surface area contributed by atoms with Gasteiger partial charge in [-0.2, -0.15) is 13.2 Å². The largest absolute Gasteiger partial charge is 0.416 e. The van der Waals surface area contributed by atoms with E-state index < -0.39 is 11.7 Å². The first-order valence-electron chi connectivity index (χ1n) is 8.78. The van der Waals surface area contributed by atoms with E-state index in [0.717, 1.165) is 0 Å². The molecule has 1 heterocycles. The Morgan fingerprint density at radius 1 is 1.23 bits per heavy atom. The Morgan fingerprint density at radius 2 is 1.92 bits per heavy atom. The fourth-order valence-corrected chi connectivity index (χ4v) is 2.70. The number of benzene rings is 1. The van der Waals surface area contributed by atoms with Crippen LogP contribution in [0, 0.1) is 5.92 Å². The van der Waals surface area contributed by atoms with Gasteiger partial charge in [-0.3, -0.25) is 4.99 Å². The van der Waals surface area contributed by atoms with Crippen molar-refractivity contribution in [3.05, 3.63) is 29.3 Å². The van der Waals surface area contributed by atoms with Gasteiger partial charge in [0.1, 0.15) is 0 Å². The molecule has 0 saturated carbocycles. The summed E-state index contributed by atoms with van der Waals surface area (Å²) in [5.41, 5.74) is 0.155. The molecule has 1 fully saturated rings. The van der Waals surface area contributed by atoms with Crippen LogP contribution in [0.1, 0.15) is 25.0 Å². The van der Waals surface area contributed by atoms with Crippen LogP contribution in [-0.2, 0) is 17.5 Å². The highest BCUT2D eigenvalue weighted by Gasteiger charge is 2.34. The Hall–Kier alpha value is -1.96. The zero-order valence-electron chi connectivity index (χ0n) is 15.5. The lowest BCUT2D eigenvalue weighted by atomic mass is 10.0. The molecular weight excluding hydrogens is 345 g/mol. The molecule has 1 aliphatic rings. The van der Waals surface area contributed by atoms with Crippen LogP contribution in [0.5, 0.6) is 0 Å². The summed E-state index contributed by atoms with van der Waals surface area (Å²) in [5, 5.41) is 6.05. The number of aliphatic imine (C=N–C) groups is 1. The van der Waals surface area contributed by atoms with Crippen LogP contribution in [0.4, 0.5) is 18.9 Å². The molecule has 26 heavy (non-hydrogen) atoms. The van der Waals surface area contributed by atoms with Crippen LogP contribution < -0.4 is 15.5 Å². The summed E-state index contributed by atoms with van der Waals surface area (Å²) >= 11 is 0. The summed E-state index contributed by atoms with van der Waals surface area (Å²) in [5.74, 6) is 0.899. The van der Waals surface area contributed by atoms with Crippen LogP contribution >= 0.6 is 0 Å². The molecule has 2 rings (SSSR count). The van der Waals surface area contributed by atoms with Gasteiger partial charge in [0.15, 0.2) is 5.96 Å². The van der Waals surface area contributed by atoms with Gasteiger partial charge < -0.3 is 20.3 Å². The van der Waals surface area contributed by atoms with E-state index in [-0.39, 0.29) is 12.1 Å². The highest BCUT2D eigenvalue weighted by molar-refractivity contribution is 5.79. The van der Waals surface area contributed by atoms with Gasteiger partial charge in [0.05, 0.1) is 18.8 Å². The Kier molecular flexibility index (Phi) is 7.14. The first kappa shape index (κ1) is 20.4. The lowest BCUT2D eigenvalue weighted by molar-refractivity contribution is -0.138. The summed E-state index contributed by atoms with van der Waals surface area (Å²) in [6.07, 6.45) is -4.41. The van der Waals surface area contributed by atoms with Crippen LogP contribution in [0.2, 0.25) is 0 Å². The third-order valence-electron chi connectivity index (χ3n) is 4.12. The second kappa shape index (κ2) is 9.12. The molecule has 146 valence electrons. The summed E-state index contributed by atoms with van der Waals surface area (Å²) in [6, 6.07) is 4.50. The summed E-state index contributed by atoms with van der Waals surface area (Å²) in [6.45, 7) is 7.10. The number of ether oxygens (including phenoxy) is 1. The van der Waals surface area contributed by atoms with E-state index in [2.05, 4.69) is 15.6 Å². The van der Waals surface area contributed by atoms with E-state index in [0.29, 0.717) is 50.4 Å². The van der Waals surface area contributed by atoms with Crippen molar-refractivity contribution in [3.8, 4) is 0 Å². The smallest absolute Gasteiger partial charge is 0.378 e. The molecule has 0 aliphatic carbocycles. The number of nitrogens with one attached hydrogen (secondary N) is 2. The van der Waals surface area contributed by atoms with E-state index in [4.69, 9.17) is 4.74 Å². The predicted molar refractivity (Wildman–Crippen MR) is 97.5 cm³/mol. The van der Waals surface area contributed by atoms with Gasteiger partial charge in [-0.1, -0.05) is 19.9 Å². The predicted octanol–water partition coefficient (Wildman–Crippen LogP) is 2.86. The number of hydrogen-bond donors (Lipinski definition) is 2. The Bertz CT molecular complexity index is 611. The number of alkyl halides is 3. The lowest BCUT2D eigenvalue weighted by Crippen LogP contribution is -2.39. The number of nitrogens with zero attached hydrogens (tertiary/aromatic N) is 2. The molecule has 8 heteroatoms. The molecule has 1 aromatic rings. The number of morpholine rings is 1. The minimum Gasteiger partial charge on any atom is -0.378 e. The molecule has 0 aromatic heterocycles. The maximum Gasteiger partial charge on any atom is 0.416 e. The number of guanidine groups is 1. The molecular formula is C18H27F3N4O. The third kappa shape index (κ3) is 5.79. The monoisotopic (exact) mass is 372 g/mol. The number of hydrogen-bond acceptors (Lipinski definition) is 3. The molecule has 1 aliphatic heterocycles. The minimum absolute atomic E-state index is 0.0516. The topological polar surface area (TPSA) is 48.9 Å². The van der Waals surface area contributed by atoms with E-state index in [1.807, 2.05) is 18.7 Å².